The summed E-state index contributed by atoms with van der Waals surface area (Å²) in [6, 6.07) is 8.28. The maximum absolute atomic E-state index is 12.5. The maximum atomic E-state index is 12.5. The fraction of sp³-hybridized carbons (Fsp3) is 0.500. The fourth-order valence-electron chi connectivity index (χ4n) is 3.27. The van der Waals surface area contributed by atoms with Gasteiger partial charge in [0.05, 0.1) is 17.7 Å². The van der Waals surface area contributed by atoms with E-state index in [0.717, 1.165) is 54.3 Å². The van der Waals surface area contributed by atoms with Gasteiger partial charge in [0.2, 0.25) is 5.91 Å². The van der Waals surface area contributed by atoms with Gasteiger partial charge >= 0.3 is 0 Å². The Hall–Kier alpha value is -2.05. The van der Waals surface area contributed by atoms with Gasteiger partial charge in [0.25, 0.3) is 0 Å². The first kappa shape index (κ1) is 21.3. The lowest BCUT2D eigenvalue weighted by Gasteiger charge is -2.31. The molecule has 1 aromatic heterocycles. The van der Waals surface area contributed by atoms with Crippen molar-refractivity contribution in [2.45, 2.75) is 45.8 Å². The molecule has 1 saturated heterocycles. The molecule has 1 N–H and O–H groups in total. The van der Waals surface area contributed by atoms with E-state index < -0.39 is 0 Å². The second-order valence-corrected chi connectivity index (χ2v) is 6.86. The number of rotatable bonds is 6. The summed E-state index contributed by atoms with van der Waals surface area (Å²) in [5, 5.41) is 7.22. The van der Waals surface area contributed by atoms with Gasteiger partial charge in [-0.05, 0) is 51.4 Å². The molecular weight excluding hydrogens is 366 g/mol. The van der Waals surface area contributed by atoms with Crippen molar-refractivity contribution in [3.05, 3.63) is 46.8 Å². The van der Waals surface area contributed by atoms with Gasteiger partial charge in [-0.2, -0.15) is 0 Å². The first-order valence-corrected chi connectivity index (χ1v) is 9.15. The maximum Gasteiger partial charge on any atom is 0.226 e. The molecule has 0 bridgehead atoms. The van der Waals surface area contributed by atoms with E-state index in [2.05, 4.69) is 10.5 Å². The summed E-state index contributed by atoms with van der Waals surface area (Å²) in [7, 11) is 1.98. The van der Waals surface area contributed by atoms with Crippen molar-refractivity contribution in [1.29, 1.82) is 0 Å². The fourth-order valence-corrected chi connectivity index (χ4v) is 3.27. The zero-order chi connectivity index (χ0) is 18.5. The van der Waals surface area contributed by atoms with Crippen LogP contribution in [0.5, 0.6) is 5.75 Å². The molecule has 148 valence electrons. The van der Waals surface area contributed by atoms with Crippen LogP contribution < -0.4 is 10.1 Å². The van der Waals surface area contributed by atoms with Crippen LogP contribution in [0.4, 0.5) is 0 Å². The molecule has 0 atom stereocenters. The van der Waals surface area contributed by atoms with Crippen LogP contribution in [-0.4, -0.2) is 42.1 Å². The Morgan fingerprint density at radius 2 is 1.93 bits per heavy atom. The van der Waals surface area contributed by atoms with Crippen LogP contribution >= 0.6 is 12.4 Å². The average molecular weight is 394 g/mol. The lowest BCUT2D eigenvalue weighted by atomic mass is 10.0. The van der Waals surface area contributed by atoms with Gasteiger partial charge in [0.15, 0.2) is 0 Å². The number of aromatic nitrogens is 1. The van der Waals surface area contributed by atoms with Gasteiger partial charge in [-0.3, -0.25) is 4.79 Å². The van der Waals surface area contributed by atoms with Crippen LogP contribution in [0, 0.1) is 13.8 Å². The Morgan fingerprint density at radius 3 is 2.48 bits per heavy atom. The summed E-state index contributed by atoms with van der Waals surface area (Å²) in [5.74, 6) is 1.76. The number of ether oxygens (including phenoxy) is 1. The molecule has 0 aliphatic carbocycles. The first-order chi connectivity index (χ1) is 12.6. The number of amides is 1. The summed E-state index contributed by atoms with van der Waals surface area (Å²) < 4.78 is 11.0. The van der Waals surface area contributed by atoms with Crippen molar-refractivity contribution < 1.29 is 14.1 Å². The van der Waals surface area contributed by atoms with Crippen LogP contribution in [-0.2, 0) is 17.8 Å². The quantitative estimate of drug-likeness (QED) is 0.816. The predicted octanol–water partition coefficient (Wildman–Crippen LogP) is 3.05. The van der Waals surface area contributed by atoms with E-state index in [1.54, 1.807) is 0 Å². The van der Waals surface area contributed by atoms with Crippen molar-refractivity contribution >= 4 is 18.3 Å². The molecule has 1 aromatic carbocycles. The summed E-state index contributed by atoms with van der Waals surface area (Å²) in [6.45, 7) is 5.89. The molecule has 27 heavy (non-hydrogen) atoms. The van der Waals surface area contributed by atoms with Crippen molar-refractivity contribution in [2.75, 3.05) is 20.1 Å². The molecule has 1 fully saturated rings. The highest BCUT2D eigenvalue weighted by Crippen LogP contribution is 2.19. The minimum atomic E-state index is 0. The molecule has 0 radical (unpaired) electrons. The highest BCUT2D eigenvalue weighted by molar-refractivity contribution is 5.85. The Bertz CT molecular complexity index is 718. The predicted molar refractivity (Wildman–Crippen MR) is 106 cm³/mol. The number of hydrogen-bond acceptors (Lipinski definition) is 5. The number of nitrogens with zero attached hydrogens (tertiary/aromatic N) is 2. The molecule has 0 spiro atoms. The largest absolute Gasteiger partial charge is 0.489 e. The number of halogens is 1. The highest BCUT2D eigenvalue weighted by Gasteiger charge is 2.21. The molecule has 0 unspecified atom stereocenters. The SMILES string of the molecule is CNC1CCN(C(=O)Cc2ccc(OCc3c(C)noc3C)cc2)CC1.Cl. The van der Waals surface area contributed by atoms with Crippen molar-refractivity contribution in [2.24, 2.45) is 0 Å². The standard InChI is InChI=1S/C20H27N3O3.ClH/c1-14-19(15(2)26-22-14)13-25-18-6-4-16(5-7-18)12-20(24)23-10-8-17(21-3)9-11-23;/h4-7,17,21H,8-13H2,1-3H3;1H. The number of carbonyl (C=O) groups is 1. The third-order valence-electron chi connectivity index (χ3n) is 5.10. The van der Waals surface area contributed by atoms with Crippen LogP contribution in [0.1, 0.15) is 35.4 Å². The third kappa shape index (κ3) is 5.47. The number of benzene rings is 1. The summed E-state index contributed by atoms with van der Waals surface area (Å²) in [4.78, 5) is 14.4. The van der Waals surface area contributed by atoms with E-state index in [4.69, 9.17) is 9.26 Å². The van der Waals surface area contributed by atoms with E-state index >= 15 is 0 Å². The van der Waals surface area contributed by atoms with E-state index in [-0.39, 0.29) is 18.3 Å². The van der Waals surface area contributed by atoms with Crippen molar-refractivity contribution in [1.82, 2.24) is 15.4 Å². The number of piperidine rings is 1. The average Bonchev–Trinajstić information content (AvgIpc) is 2.99. The molecule has 2 aromatic rings. The number of hydrogen-bond donors (Lipinski definition) is 1. The summed E-state index contributed by atoms with van der Waals surface area (Å²) >= 11 is 0. The second kappa shape index (κ2) is 9.76. The van der Waals surface area contributed by atoms with Gasteiger partial charge in [-0.15, -0.1) is 12.4 Å². The summed E-state index contributed by atoms with van der Waals surface area (Å²) in [5.41, 5.74) is 2.84. The number of likely N-dealkylation sites (tertiary alicyclic amines) is 1. The second-order valence-electron chi connectivity index (χ2n) is 6.86. The van der Waals surface area contributed by atoms with Crippen LogP contribution in [0.25, 0.3) is 0 Å². The molecule has 6 nitrogen and oxygen atoms in total. The zero-order valence-electron chi connectivity index (χ0n) is 16.2. The van der Waals surface area contributed by atoms with Crippen LogP contribution in [0.3, 0.4) is 0 Å². The molecule has 0 saturated carbocycles. The lowest BCUT2D eigenvalue weighted by molar-refractivity contribution is -0.131. The molecule has 1 amide bonds. The first-order valence-electron chi connectivity index (χ1n) is 9.15. The normalized spacial score (nSPS) is 14.7. The molecule has 1 aliphatic heterocycles. The van der Waals surface area contributed by atoms with Crippen molar-refractivity contribution in [3.63, 3.8) is 0 Å². The van der Waals surface area contributed by atoms with Crippen LogP contribution in [0.2, 0.25) is 0 Å². The van der Waals surface area contributed by atoms with Gasteiger partial charge in [0.1, 0.15) is 18.1 Å². The van der Waals surface area contributed by atoms with Gasteiger partial charge in [0, 0.05) is 19.1 Å². The van der Waals surface area contributed by atoms with E-state index in [9.17, 15) is 4.79 Å². The molecule has 1 aliphatic rings. The Balaban J connectivity index is 0.00000261. The monoisotopic (exact) mass is 393 g/mol. The topological polar surface area (TPSA) is 67.6 Å². The van der Waals surface area contributed by atoms with E-state index in [1.165, 1.54) is 0 Å². The highest BCUT2D eigenvalue weighted by atomic mass is 35.5. The Kier molecular flexibility index (Phi) is 7.68. The Morgan fingerprint density at radius 1 is 1.26 bits per heavy atom. The number of nitrogens with one attached hydrogen (secondary N) is 1. The van der Waals surface area contributed by atoms with Gasteiger partial charge in [-0.25, -0.2) is 0 Å². The minimum absolute atomic E-state index is 0. The zero-order valence-corrected chi connectivity index (χ0v) is 17.0. The summed E-state index contributed by atoms with van der Waals surface area (Å²) in [6.07, 6.45) is 2.49. The van der Waals surface area contributed by atoms with E-state index in [0.29, 0.717) is 19.1 Å². The van der Waals surface area contributed by atoms with Gasteiger partial charge < -0.3 is 19.5 Å². The van der Waals surface area contributed by atoms with E-state index in [1.807, 2.05) is 50.1 Å². The number of aryl methyl sites for hydroxylation is 2. The number of carbonyl (C=O) groups excluding carboxylic acids is 1. The molecule has 2 heterocycles. The smallest absolute Gasteiger partial charge is 0.226 e. The molecular formula is C20H28ClN3O3. The minimum Gasteiger partial charge on any atom is -0.489 e. The lowest BCUT2D eigenvalue weighted by Crippen LogP contribution is -2.44. The molecule has 7 heteroatoms. The van der Waals surface area contributed by atoms with Crippen LogP contribution in [0.15, 0.2) is 28.8 Å². The molecule has 3 rings (SSSR count). The Labute approximate surface area is 166 Å². The van der Waals surface area contributed by atoms with Crippen molar-refractivity contribution in [3.8, 4) is 5.75 Å². The van der Waals surface area contributed by atoms with Gasteiger partial charge in [-0.1, -0.05) is 17.3 Å². The third-order valence-corrected chi connectivity index (χ3v) is 5.10.